The molecule has 7 heteroatoms. The molecule has 148 valence electrons. The van der Waals surface area contributed by atoms with E-state index in [0.29, 0.717) is 36.0 Å². The Hall–Kier alpha value is -3.32. The third-order valence-electron chi connectivity index (χ3n) is 4.69. The van der Waals surface area contributed by atoms with Crippen molar-refractivity contribution in [2.45, 2.75) is 12.1 Å². The number of ketones is 2. The largest absolute Gasteiger partial charge is 0.477 e. The Labute approximate surface area is 168 Å². The summed E-state index contributed by atoms with van der Waals surface area (Å²) < 4.78 is 11.0. The number of carbonyl (C=O) groups excluding carboxylic acids is 2. The molecule has 0 spiro atoms. The van der Waals surface area contributed by atoms with E-state index in [1.165, 1.54) is 0 Å². The summed E-state index contributed by atoms with van der Waals surface area (Å²) in [6.45, 7) is 1.21. The van der Waals surface area contributed by atoms with Crippen LogP contribution in [0.5, 0.6) is 0 Å². The lowest BCUT2D eigenvalue weighted by molar-refractivity contribution is 0.0940. The lowest BCUT2D eigenvalue weighted by atomic mass is 10.1. The van der Waals surface area contributed by atoms with Gasteiger partial charge >= 0.3 is 0 Å². The number of carbonyl (C=O) groups is 2. The molecule has 29 heavy (non-hydrogen) atoms. The highest BCUT2D eigenvalue weighted by atomic mass is 16.5. The first-order valence-corrected chi connectivity index (χ1v) is 9.49. The van der Waals surface area contributed by atoms with Gasteiger partial charge in [-0.1, -0.05) is 60.7 Å². The fourth-order valence-electron chi connectivity index (χ4n) is 3.17. The van der Waals surface area contributed by atoms with Gasteiger partial charge in [0.1, 0.15) is 13.2 Å². The number of ether oxygens (including phenoxy) is 2. The summed E-state index contributed by atoms with van der Waals surface area (Å²) in [6.07, 6.45) is 0. The first kappa shape index (κ1) is 19.0. The van der Waals surface area contributed by atoms with Crippen LogP contribution in [0.25, 0.3) is 0 Å². The van der Waals surface area contributed by atoms with Crippen LogP contribution in [0.15, 0.2) is 70.6 Å². The number of Topliss-reactive ketones (excluding diaryl/α,β-unsaturated/α-hetero) is 2. The molecule has 0 saturated carbocycles. The second-order valence-corrected chi connectivity index (χ2v) is 6.76. The molecule has 2 atom stereocenters. The van der Waals surface area contributed by atoms with Gasteiger partial charge in [-0.05, 0) is 0 Å². The lowest BCUT2D eigenvalue weighted by Crippen LogP contribution is -2.28. The van der Waals surface area contributed by atoms with Gasteiger partial charge in [-0.3, -0.25) is 9.59 Å². The van der Waals surface area contributed by atoms with Crippen molar-refractivity contribution in [2.24, 2.45) is 9.98 Å². The highest BCUT2D eigenvalue weighted by Crippen LogP contribution is 2.13. The zero-order valence-corrected chi connectivity index (χ0v) is 15.8. The summed E-state index contributed by atoms with van der Waals surface area (Å²) >= 11 is 0. The van der Waals surface area contributed by atoms with Gasteiger partial charge in [-0.15, -0.1) is 0 Å². The summed E-state index contributed by atoms with van der Waals surface area (Å²) in [5.41, 5.74) is 1.25. The number of aliphatic imine (C=N–C) groups is 2. The summed E-state index contributed by atoms with van der Waals surface area (Å²) in [6, 6.07) is 17.1. The van der Waals surface area contributed by atoms with Gasteiger partial charge in [-0.25, -0.2) is 9.98 Å². The number of benzene rings is 2. The van der Waals surface area contributed by atoms with E-state index in [0.717, 1.165) is 0 Å². The van der Waals surface area contributed by atoms with Crippen LogP contribution in [0, 0.1) is 0 Å². The molecule has 2 aromatic carbocycles. The summed E-state index contributed by atoms with van der Waals surface area (Å²) in [4.78, 5) is 33.5. The van der Waals surface area contributed by atoms with E-state index in [4.69, 9.17) is 9.47 Å². The molecule has 4 rings (SSSR count). The maximum atomic E-state index is 12.4. The smallest absolute Gasteiger partial charge is 0.198 e. The van der Waals surface area contributed by atoms with Gasteiger partial charge in [0.05, 0.1) is 13.1 Å². The second-order valence-electron chi connectivity index (χ2n) is 6.76. The minimum absolute atomic E-state index is 0.0497. The topological polar surface area (TPSA) is 89.3 Å². The zero-order chi connectivity index (χ0) is 20.1. The van der Waals surface area contributed by atoms with E-state index in [-0.39, 0.29) is 24.8 Å². The Kier molecular flexibility index (Phi) is 5.76. The molecule has 7 nitrogen and oxygen atoms in total. The van der Waals surface area contributed by atoms with E-state index in [1.807, 2.05) is 36.4 Å². The van der Waals surface area contributed by atoms with Crippen molar-refractivity contribution in [1.82, 2.24) is 5.32 Å². The molecule has 0 radical (unpaired) electrons. The summed E-state index contributed by atoms with van der Waals surface area (Å²) in [7, 11) is 0. The minimum atomic E-state index is -0.512. The van der Waals surface area contributed by atoms with Gasteiger partial charge in [0.25, 0.3) is 0 Å². The molecule has 0 bridgehead atoms. The number of hydrogen-bond donors (Lipinski definition) is 1. The molecule has 2 aromatic rings. The first-order chi connectivity index (χ1) is 14.2. The molecule has 2 heterocycles. The van der Waals surface area contributed by atoms with Crippen LogP contribution in [-0.2, 0) is 9.47 Å². The van der Waals surface area contributed by atoms with E-state index in [1.54, 1.807) is 24.3 Å². The van der Waals surface area contributed by atoms with Crippen LogP contribution >= 0.6 is 0 Å². The molecule has 2 unspecified atom stereocenters. The highest BCUT2D eigenvalue weighted by molar-refractivity contribution is 6.03. The molecular weight excluding hydrogens is 370 g/mol. The van der Waals surface area contributed by atoms with Crippen molar-refractivity contribution in [3.8, 4) is 0 Å². The Balaban J connectivity index is 1.26. The van der Waals surface area contributed by atoms with Crippen LogP contribution in [-0.4, -0.2) is 61.7 Å². The van der Waals surface area contributed by atoms with Gasteiger partial charge in [0, 0.05) is 11.1 Å². The molecule has 0 aromatic heterocycles. The van der Waals surface area contributed by atoms with Crippen molar-refractivity contribution >= 4 is 23.4 Å². The average Bonchev–Trinajstić information content (AvgIpc) is 3.44. The minimum Gasteiger partial charge on any atom is -0.477 e. The normalized spacial score (nSPS) is 20.4. The van der Waals surface area contributed by atoms with Crippen LogP contribution < -0.4 is 5.32 Å². The quantitative estimate of drug-likeness (QED) is 0.695. The molecule has 0 saturated heterocycles. The molecule has 0 amide bonds. The molecular formula is C22H21N3O4. The average molecular weight is 391 g/mol. The third kappa shape index (κ3) is 4.57. The molecule has 0 fully saturated rings. The fraction of sp³-hybridized carbons (Fsp3) is 0.273. The molecule has 0 aliphatic carbocycles. The monoisotopic (exact) mass is 391 g/mol. The van der Waals surface area contributed by atoms with Crippen LogP contribution in [0.1, 0.15) is 20.7 Å². The van der Waals surface area contributed by atoms with Crippen LogP contribution in [0.3, 0.4) is 0 Å². The van der Waals surface area contributed by atoms with Crippen molar-refractivity contribution in [3.63, 3.8) is 0 Å². The molecule has 1 N–H and O–H groups in total. The molecule has 2 aliphatic heterocycles. The van der Waals surface area contributed by atoms with Gasteiger partial charge in [0.2, 0.25) is 0 Å². The maximum absolute atomic E-state index is 12.4. The molecule has 2 aliphatic rings. The summed E-state index contributed by atoms with van der Waals surface area (Å²) in [5.74, 6) is 0.863. The number of hydrogen-bond acceptors (Lipinski definition) is 7. The standard InChI is InChI=1S/C22H21N3O4/c26-21(15-7-3-1-4-8-15)17-13-28-19(24-17)11-23-12-20-25-18(14-29-20)22(27)16-9-5-2-6-10-16/h1-10,17-18,23H,11-14H2. The Bertz CT molecular complexity index is 864. The SMILES string of the molecule is O=C(c1ccccc1)C1COC(CNCC2=NC(C(=O)c3ccccc3)CO2)=N1. The Morgan fingerprint density at radius 2 is 1.17 bits per heavy atom. The second kappa shape index (κ2) is 8.79. The first-order valence-electron chi connectivity index (χ1n) is 9.49. The predicted molar refractivity (Wildman–Crippen MR) is 109 cm³/mol. The maximum Gasteiger partial charge on any atom is 0.198 e. The number of nitrogens with one attached hydrogen (secondary N) is 1. The Morgan fingerprint density at radius 1 is 0.759 bits per heavy atom. The number of nitrogens with zero attached hydrogens (tertiary/aromatic N) is 2. The lowest BCUT2D eigenvalue weighted by Gasteiger charge is -2.04. The van der Waals surface area contributed by atoms with Gasteiger partial charge < -0.3 is 14.8 Å². The Morgan fingerprint density at radius 3 is 1.59 bits per heavy atom. The predicted octanol–water partition coefficient (Wildman–Crippen LogP) is 1.94. The van der Waals surface area contributed by atoms with E-state index in [9.17, 15) is 9.59 Å². The van der Waals surface area contributed by atoms with Crippen molar-refractivity contribution < 1.29 is 19.1 Å². The van der Waals surface area contributed by atoms with Gasteiger partial charge in [0.15, 0.2) is 35.4 Å². The van der Waals surface area contributed by atoms with Crippen LogP contribution in [0.2, 0.25) is 0 Å². The fourth-order valence-corrected chi connectivity index (χ4v) is 3.17. The van der Waals surface area contributed by atoms with Crippen molar-refractivity contribution in [1.29, 1.82) is 0 Å². The van der Waals surface area contributed by atoms with E-state index >= 15 is 0 Å². The van der Waals surface area contributed by atoms with Crippen molar-refractivity contribution in [2.75, 3.05) is 26.3 Å². The number of rotatable bonds is 8. The van der Waals surface area contributed by atoms with Crippen LogP contribution in [0.4, 0.5) is 0 Å². The zero-order valence-electron chi connectivity index (χ0n) is 15.8. The van der Waals surface area contributed by atoms with E-state index in [2.05, 4.69) is 15.3 Å². The van der Waals surface area contributed by atoms with Crippen molar-refractivity contribution in [3.05, 3.63) is 71.8 Å². The van der Waals surface area contributed by atoms with E-state index < -0.39 is 12.1 Å². The highest BCUT2D eigenvalue weighted by Gasteiger charge is 2.28. The van der Waals surface area contributed by atoms with Gasteiger partial charge in [-0.2, -0.15) is 0 Å². The summed E-state index contributed by atoms with van der Waals surface area (Å²) in [5, 5.41) is 3.13. The third-order valence-corrected chi connectivity index (χ3v) is 4.69.